The molecule has 6 heteroatoms. The summed E-state index contributed by atoms with van der Waals surface area (Å²) in [7, 11) is 0. The summed E-state index contributed by atoms with van der Waals surface area (Å²) in [4.78, 5) is 14.7. The number of hydrogen-bond donors (Lipinski definition) is 1. The van der Waals surface area contributed by atoms with Gasteiger partial charge in [0.2, 0.25) is 0 Å². The van der Waals surface area contributed by atoms with Crippen LogP contribution in [0.4, 0.5) is 5.00 Å². The zero-order valence-corrected chi connectivity index (χ0v) is 9.18. The topological polar surface area (TPSA) is 64.7 Å². The summed E-state index contributed by atoms with van der Waals surface area (Å²) in [6, 6.07) is 3.85. The van der Waals surface area contributed by atoms with E-state index in [0.717, 1.165) is 19.7 Å². The highest BCUT2D eigenvalue weighted by molar-refractivity contribution is 7.26. The molecule has 0 aliphatic carbocycles. The van der Waals surface area contributed by atoms with Crippen molar-refractivity contribution in [2.45, 2.75) is 0 Å². The summed E-state index contributed by atoms with van der Waals surface area (Å²) >= 11 is 3.06. The quantitative estimate of drug-likeness (QED) is 0.702. The van der Waals surface area contributed by atoms with Gasteiger partial charge in [0.05, 0.1) is 9.88 Å². The molecule has 0 unspecified atom stereocenters. The Labute approximate surface area is 93.4 Å². The molecule has 3 aromatic heterocycles. The third-order valence-electron chi connectivity index (χ3n) is 1.88. The van der Waals surface area contributed by atoms with Crippen LogP contribution in [0.15, 0.2) is 24.5 Å². The number of nitrogens with two attached hydrogens (primary N) is 1. The van der Waals surface area contributed by atoms with Crippen LogP contribution in [-0.2, 0) is 0 Å². The van der Waals surface area contributed by atoms with E-state index in [1.54, 1.807) is 12.4 Å². The number of rotatable bonds is 1. The van der Waals surface area contributed by atoms with E-state index in [2.05, 4.69) is 15.0 Å². The second kappa shape index (κ2) is 3.25. The Morgan fingerprint density at radius 1 is 1.07 bits per heavy atom. The number of hydrogen-bond acceptors (Lipinski definition) is 6. The number of aromatic nitrogens is 3. The highest BCUT2D eigenvalue weighted by Crippen LogP contribution is 2.33. The van der Waals surface area contributed by atoms with Gasteiger partial charge in [-0.25, -0.2) is 15.0 Å². The lowest BCUT2D eigenvalue weighted by Gasteiger charge is -1.84. The van der Waals surface area contributed by atoms with Gasteiger partial charge < -0.3 is 5.73 Å². The lowest BCUT2D eigenvalue weighted by Crippen LogP contribution is -1.76. The predicted molar refractivity (Wildman–Crippen MR) is 62.9 cm³/mol. The molecule has 4 nitrogen and oxygen atoms in total. The zero-order valence-electron chi connectivity index (χ0n) is 7.54. The summed E-state index contributed by atoms with van der Waals surface area (Å²) in [5.74, 6) is 0. The average molecular weight is 234 g/mol. The molecule has 0 aliphatic heterocycles. The van der Waals surface area contributed by atoms with Crippen molar-refractivity contribution in [2.24, 2.45) is 0 Å². The lowest BCUT2D eigenvalue weighted by molar-refractivity contribution is 1.27. The first-order chi connectivity index (χ1) is 7.33. The monoisotopic (exact) mass is 234 g/mol. The molecule has 0 radical (unpaired) electrons. The molecule has 0 saturated carbocycles. The molecule has 0 saturated heterocycles. The van der Waals surface area contributed by atoms with Crippen LogP contribution < -0.4 is 5.73 Å². The normalized spacial score (nSPS) is 10.9. The van der Waals surface area contributed by atoms with E-state index >= 15 is 0 Å². The molecule has 0 spiro atoms. The van der Waals surface area contributed by atoms with Gasteiger partial charge in [0.25, 0.3) is 0 Å². The number of thiazole rings is 1. The maximum absolute atomic E-state index is 5.67. The van der Waals surface area contributed by atoms with Crippen molar-refractivity contribution in [3.05, 3.63) is 24.5 Å². The van der Waals surface area contributed by atoms with Gasteiger partial charge >= 0.3 is 0 Å². The Balaban J connectivity index is 2.19. The smallest absolute Gasteiger partial charge is 0.190 e. The number of nitrogen functional groups attached to an aromatic ring is 1. The number of anilines is 1. The van der Waals surface area contributed by atoms with Crippen LogP contribution in [0.25, 0.3) is 20.4 Å². The van der Waals surface area contributed by atoms with Crippen molar-refractivity contribution in [3.8, 4) is 9.88 Å². The highest BCUT2D eigenvalue weighted by Gasteiger charge is 2.08. The van der Waals surface area contributed by atoms with Crippen LogP contribution >= 0.6 is 22.7 Å². The number of nitrogens with zero attached hydrogens (tertiary/aromatic N) is 3. The van der Waals surface area contributed by atoms with Crippen LogP contribution in [0.1, 0.15) is 0 Å². The van der Waals surface area contributed by atoms with Gasteiger partial charge in [-0.3, -0.25) is 0 Å². The third kappa shape index (κ3) is 1.47. The average Bonchev–Trinajstić information content (AvgIpc) is 2.82. The molecule has 0 aliphatic rings. The van der Waals surface area contributed by atoms with E-state index in [-0.39, 0.29) is 0 Å². The molecule has 15 heavy (non-hydrogen) atoms. The maximum Gasteiger partial charge on any atom is 0.190 e. The summed E-state index contributed by atoms with van der Waals surface area (Å²) in [5, 5.41) is 1.73. The molecule has 2 N–H and O–H groups in total. The van der Waals surface area contributed by atoms with Crippen LogP contribution in [0, 0.1) is 0 Å². The predicted octanol–water partition coefficient (Wildman–Crippen LogP) is 2.40. The van der Waals surface area contributed by atoms with Crippen molar-refractivity contribution in [2.75, 3.05) is 5.73 Å². The zero-order chi connectivity index (χ0) is 10.3. The molecule has 3 rings (SSSR count). The molecule has 0 amide bonds. The molecule has 0 aromatic carbocycles. The SMILES string of the molecule is Nc1ccc(-c2nc3nccnc3s2)s1. The third-order valence-corrected chi connectivity index (χ3v) is 3.92. The van der Waals surface area contributed by atoms with Gasteiger partial charge in [-0.2, -0.15) is 0 Å². The largest absolute Gasteiger partial charge is 0.391 e. The summed E-state index contributed by atoms with van der Waals surface area (Å²) in [6.45, 7) is 0. The number of fused-ring (bicyclic) bond motifs is 1. The summed E-state index contributed by atoms with van der Waals surface area (Å²) < 4.78 is 0. The van der Waals surface area contributed by atoms with Crippen molar-refractivity contribution < 1.29 is 0 Å². The molecular weight excluding hydrogens is 228 g/mol. The minimum absolute atomic E-state index is 0.699. The van der Waals surface area contributed by atoms with Gasteiger partial charge in [-0.15, -0.1) is 11.3 Å². The summed E-state index contributed by atoms with van der Waals surface area (Å²) in [5.41, 5.74) is 6.37. The van der Waals surface area contributed by atoms with Gasteiger partial charge in [0, 0.05) is 12.4 Å². The number of thiophene rings is 1. The van der Waals surface area contributed by atoms with E-state index < -0.39 is 0 Å². The Bertz CT molecular complexity index is 580. The second-order valence-electron chi connectivity index (χ2n) is 2.91. The first kappa shape index (κ1) is 8.75. The first-order valence-electron chi connectivity index (χ1n) is 4.26. The molecule has 3 heterocycles. The molecule has 0 atom stereocenters. The van der Waals surface area contributed by atoms with Gasteiger partial charge in [0.15, 0.2) is 10.5 Å². The molecule has 3 aromatic rings. The molecule has 0 fully saturated rings. The van der Waals surface area contributed by atoms with Gasteiger partial charge in [0.1, 0.15) is 5.01 Å². The maximum atomic E-state index is 5.67. The van der Waals surface area contributed by atoms with Crippen LogP contribution in [0.5, 0.6) is 0 Å². The van der Waals surface area contributed by atoms with E-state index in [9.17, 15) is 0 Å². The Morgan fingerprint density at radius 2 is 1.93 bits per heavy atom. The fourth-order valence-corrected chi connectivity index (χ4v) is 2.95. The molecular formula is C9H6N4S2. The van der Waals surface area contributed by atoms with Crippen LogP contribution in [0.3, 0.4) is 0 Å². The van der Waals surface area contributed by atoms with E-state index in [1.807, 2.05) is 12.1 Å². The standard InChI is InChI=1S/C9H6N4S2/c10-6-2-1-5(14-6)8-13-7-9(15-8)12-4-3-11-7/h1-4H,10H2. The Kier molecular flexibility index (Phi) is 1.90. The fourth-order valence-electron chi connectivity index (χ4n) is 1.25. The van der Waals surface area contributed by atoms with Crippen molar-refractivity contribution in [1.82, 2.24) is 15.0 Å². The van der Waals surface area contributed by atoms with Crippen LogP contribution in [-0.4, -0.2) is 15.0 Å². The van der Waals surface area contributed by atoms with Gasteiger partial charge in [-0.05, 0) is 12.1 Å². The van der Waals surface area contributed by atoms with Crippen molar-refractivity contribution in [1.29, 1.82) is 0 Å². The summed E-state index contributed by atoms with van der Waals surface area (Å²) in [6.07, 6.45) is 3.32. The molecule has 74 valence electrons. The Morgan fingerprint density at radius 3 is 2.67 bits per heavy atom. The minimum Gasteiger partial charge on any atom is -0.391 e. The van der Waals surface area contributed by atoms with E-state index in [4.69, 9.17) is 5.73 Å². The molecule has 0 bridgehead atoms. The van der Waals surface area contributed by atoms with Gasteiger partial charge in [-0.1, -0.05) is 11.3 Å². The fraction of sp³-hybridized carbons (Fsp3) is 0. The Hall–Kier alpha value is -1.53. The van der Waals surface area contributed by atoms with E-state index in [0.29, 0.717) is 5.65 Å². The van der Waals surface area contributed by atoms with Crippen molar-refractivity contribution in [3.63, 3.8) is 0 Å². The highest BCUT2D eigenvalue weighted by atomic mass is 32.1. The minimum atomic E-state index is 0.699. The first-order valence-corrected chi connectivity index (χ1v) is 5.89. The van der Waals surface area contributed by atoms with Crippen molar-refractivity contribution >= 4 is 38.2 Å². The van der Waals surface area contributed by atoms with Crippen LogP contribution in [0.2, 0.25) is 0 Å². The second-order valence-corrected chi connectivity index (χ2v) is 5.00. The van der Waals surface area contributed by atoms with E-state index in [1.165, 1.54) is 22.7 Å². The lowest BCUT2D eigenvalue weighted by atomic mass is 10.5.